The quantitative estimate of drug-likeness (QED) is 0.776. The van der Waals surface area contributed by atoms with Crippen molar-refractivity contribution < 1.29 is 9.21 Å². The predicted molar refractivity (Wildman–Crippen MR) is 69.4 cm³/mol. The van der Waals surface area contributed by atoms with E-state index in [2.05, 4.69) is 15.3 Å². The van der Waals surface area contributed by atoms with Gasteiger partial charge >= 0.3 is 0 Å². The minimum Gasteiger partial charge on any atom is -0.449 e. The fourth-order valence-electron chi connectivity index (χ4n) is 1.75. The van der Waals surface area contributed by atoms with Gasteiger partial charge in [-0.05, 0) is 29.8 Å². The van der Waals surface area contributed by atoms with Crippen LogP contribution in [0.1, 0.15) is 16.1 Å². The first kappa shape index (κ1) is 11.4. The van der Waals surface area contributed by atoms with Gasteiger partial charge in [-0.15, -0.1) is 0 Å². The number of carbonyl (C=O) groups is 1. The molecule has 94 valence electrons. The summed E-state index contributed by atoms with van der Waals surface area (Å²) in [5.74, 6) is 0.0116. The SMILES string of the molecule is O=C(NCc1ccncc1)c1cc2ncccc2o1. The van der Waals surface area contributed by atoms with E-state index >= 15 is 0 Å². The standard InChI is InChI=1S/C14H11N3O2/c18-14(17-9-10-3-6-15-7-4-10)13-8-11-12(19-13)2-1-5-16-11/h1-8H,9H2,(H,17,18). The molecule has 0 aliphatic carbocycles. The minimum absolute atomic E-state index is 0.255. The lowest BCUT2D eigenvalue weighted by Gasteiger charge is -2.02. The zero-order valence-electron chi connectivity index (χ0n) is 10.0. The van der Waals surface area contributed by atoms with Gasteiger partial charge in [0, 0.05) is 31.2 Å². The molecule has 5 nitrogen and oxygen atoms in total. The number of carbonyl (C=O) groups excluding carboxylic acids is 1. The Balaban J connectivity index is 1.73. The number of furan rings is 1. The molecule has 1 N–H and O–H groups in total. The van der Waals surface area contributed by atoms with Crippen molar-refractivity contribution in [3.63, 3.8) is 0 Å². The van der Waals surface area contributed by atoms with Crippen LogP contribution in [0.15, 0.2) is 53.3 Å². The molecule has 0 aromatic carbocycles. The molecule has 0 aliphatic rings. The molecule has 3 heterocycles. The summed E-state index contributed by atoms with van der Waals surface area (Å²) >= 11 is 0. The Morgan fingerprint density at radius 1 is 1.21 bits per heavy atom. The van der Waals surface area contributed by atoms with Gasteiger partial charge in [-0.1, -0.05) is 0 Å². The molecule has 3 aromatic heterocycles. The highest BCUT2D eigenvalue weighted by Gasteiger charge is 2.12. The molecule has 0 aliphatic heterocycles. The highest BCUT2D eigenvalue weighted by Crippen LogP contribution is 2.16. The number of nitrogens with zero attached hydrogens (tertiary/aromatic N) is 2. The van der Waals surface area contributed by atoms with Gasteiger partial charge in [0.25, 0.3) is 5.91 Å². The summed E-state index contributed by atoms with van der Waals surface area (Å²) < 4.78 is 5.43. The number of nitrogens with one attached hydrogen (secondary N) is 1. The van der Waals surface area contributed by atoms with E-state index in [1.165, 1.54) is 0 Å². The molecular formula is C14H11N3O2. The van der Waals surface area contributed by atoms with Gasteiger partial charge in [-0.25, -0.2) is 0 Å². The third-order valence-electron chi connectivity index (χ3n) is 2.71. The lowest BCUT2D eigenvalue weighted by atomic mass is 10.2. The van der Waals surface area contributed by atoms with Gasteiger partial charge in [0.2, 0.25) is 0 Å². The van der Waals surface area contributed by atoms with Crippen molar-refractivity contribution in [2.75, 3.05) is 0 Å². The number of pyridine rings is 2. The van der Waals surface area contributed by atoms with Crippen LogP contribution in [0.3, 0.4) is 0 Å². The van der Waals surface area contributed by atoms with E-state index in [9.17, 15) is 4.79 Å². The highest BCUT2D eigenvalue weighted by atomic mass is 16.3. The number of hydrogen-bond acceptors (Lipinski definition) is 4. The zero-order chi connectivity index (χ0) is 13.1. The number of fused-ring (bicyclic) bond motifs is 1. The van der Waals surface area contributed by atoms with Crippen molar-refractivity contribution in [1.29, 1.82) is 0 Å². The molecule has 0 spiro atoms. The second kappa shape index (κ2) is 4.89. The van der Waals surface area contributed by atoms with Gasteiger partial charge in [0.05, 0.1) is 0 Å². The third kappa shape index (κ3) is 2.44. The summed E-state index contributed by atoms with van der Waals surface area (Å²) in [6.07, 6.45) is 5.04. The highest BCUT2D eigenvalue weighted by molar-refractivity contribution is 5.95. The molecule has 5 heteroatoms. The van der Waals surface area contributed by atoms with Crippen LogP contribution in [0.4, 0.5) is 0 Å². The molecule has 0 bridgehead atoms. The van der Waals surface area contributed by atoms with E-state index in [1.54, 1.807) is 36.8 Å². The fraction of sp³-hybridized carbons (Fsp3) is 0.0714. The van der Waals surface area contributed by atoms with Crippen molar-refractivity contribution >= 4 is 17.0 Å². The molecule has 19 heavy (non-hydrogen) atoms. The fourth-order valence-corrected chi connectivity index (χ4v) is 1.75. The van der Waals surface area contributed by atoms with Gasteiger partial charge < -0.3 is 9.73 Å². The van der Waals surface area contributed by atoms with Crippen molar-refractivity contribution in [2.24, 2.45) is 0 Å². The Bertz CT molecular complexity index is 674. The molecule has 0 unspecified atom stereocenters. The monoisotopic (exact) mass is 253 g/mol. The maximum atomic E-state index is 11.9. The summed E-state index contributed by atoms with van der Waals surface area (Å²) in [6.45, 7) is 0.436. The van der Waals surface area contributed by atoms with Crippen molar-refractivity contribution in [2.45, 2.75) is 6.54 Å². The predicted octanol–water partition coefficient (Wildman–Crippen LogP) is 2.15. The second-order valence-corrected chi connectivity index (χ2v) is 4.04. The first-order valence-corrected chi connectivity index (χ1v) is 5.84. The van der Waals surface area contributed by atoms with Gasteiger partial charge in [-0.2, -0.15) is 0 Å². The third-order valence-corrected chi connectivity index (χ3v) is 2.71. The van der Waals surface area contributed by atoms with E-state index in [-0.39, 0.29) is 11.7 Å². The normalized spacial score (nSPS) is 10.5. The smallest absolute Gasteiger partial charge is 0.287 e. The lowest BCUT2D eigenvalue weighted by molar-refractivity contribution is 0.0925. The molecule has 0 saturated heterocycles. The number of rotatable bonds is 3. The van der Waals surface area contributed by atoms with E-state index in [1.807, 2.05) is 12.1 Å². The van der Waals surface area contributed by atoms with Crippen LogP contribution >= 0.6 is 0 Å². The summed E-state index contributed by atoms with van der Waals surface area (Å²) in [5.41, 5.74) is 2.27. The Labute approximate surface area is 109 Å². The molecule has 0 saturated carbocycles. The van der Waals surface area contributed by atoms with Crippen molar-refractivity contribution in [3.8, 4) is 0 Å². The summed E-state index contributed by atoms with van der Waals surface area (Å²) in [7, 11) is 0. The van der Waals surface area contributed by atoms with E-state index in [0.29, 0.717) is 17.6 Å². The van der Waals surface area contributed by atoms with Crippen molar-refractivity contribution in [1.82, 2.24) is 15.3 Å². The van der Waals surface area contributed by atoms with Gasteiger partial charge in [-0.3, -0.25) is 14.8 Å². The van der Waals surface area contributed by atoms with Gasteiger partial charge in [0.15, 0.2) is 11.3 Å². The van der Waals surface area contributed by atoms with Crippen LogP contribution in [0.2, 0.25) is 0 Å². The van der Waals surface area contributed by atoms with Crippen LogP contribution in [0, 0.1) is 0 Å². The first-order chi connectivity index (χ1) is 9.33. The largest absolute Gasteiger partial charge is 0.449 e. The van der Waals surface area contributed by atoms with E-state index in [0.717, 1.165) is 5.56 Å². The maximum absolute atomic E-state index is 11.9. The van der Waals surface area contributed by atoms with Crippen molar-refractivity contribution in [3.05, 3.63) is 60.2 Å². The average Bonchev–Trinajstić information content (AvgIpc) is 2.90. The summed E-state index contributed by atoms with van der Waals surface area (Å²) in [6, 6.07) is 8.88. The van der Waals surface area contributed by atoms with Crippen LogP contribution in [-0.4, -0.2) is 15.9 Å². The number of amides is 1. The Morgan fingerprint density at radius 2 is 2.05 bits per heavy atom. The zero-order valence-corrected chi connectivity index (χ0v) is 10.0. The molecular weight excluding hydrogens is 242 g/mol. The molecule has 0 radical (unpaired) electrons. The second-order valence-electron chi connectivity index (χ2n) is 4.04. The van der Waals surface area contributed by atoms with Crippen LogP contribution in [0.5, 0.6) is 0 Å². The van der Waals surface area contributed by atoms with E-state index in [4.69, 9.17) is 4.42 Å². The molecule has 0 atom stereocenters. The Hall–Kier alpha value is -2.69. The molecule has 3 rings (SSSR count). The molecule has 1 amide bonds. The summed E-state index contributed by atoms with van der Waals surface area (Å²) in [4.78, 5) is 20.0. The maximum Gasteiger partial charge on any atom is 0.287 e. The summed E-state index contributed by atoms with van der Waals surface area (Å²) in [5, 5.41) is 2.79. The van der Waals surface area contributed by atoms with E-state index < -0.39 is 0 Å². The Morgan fingerprint density at radius 3 is 2.84 bits per heavy atom. The van der Waals surface area contributed by atoms with Crippen LogP contribution in [-0.2, 0) is 6.54 Å². The number of hydrogen-bond donors (Lipinski definition) is 1. The molecule has 3 aromatic rings. The average molecular weight is 253 g/mol. The first-order valence-electron chi connectivity index (χ1n) is 5.84. The number of aromatic nitrogens is 2. The minimum atomic E-state index is -0.255. The van der Waals surface area contributed by atoms with Crippen LogP contribution < -0.4 is 5.32 Å². The lowest BCUT2D eigenvalue weighted by Crippen LogP contribution is -2.22. The van der Waals surface area contributed by atoms with Gasteiger partial charge in [0.1, 0.15) is 5.52 Å². The topological polar surface area (TPSA) is 68.0 Å². The Kier molecular flexibility index (Phi) is 2.94. The molecule has 0 fully saturated rings. The van der Waals surface area contributed by atoms with Crippen LogP contribution in [0.25, 0.3) is 11.1 Å².